The fourth-order valence-electron chi connectivity index (χ4n) is 0.768. The zero-order valence-electron chi connectivity index (χ0n) is 7.08. The van der Waals surface area contributed by atoms with Gasteiger partial charge in [-0.25, -0.2) is 0 Å². The van der Waals surface area contributed by atoms with Crippen molar-refractivity contribution in [1.82, 2.24) is 0 Å². The SMILES string of the molecule is COC(=O)CCCCCS(=O)[O-]. The van der Waals surface area contributed by atoms with Crippen LogP contribution in [-0.4, -0.2) is 27.6 Å². The fourth-order valence-corrected chi connectivity index (χ4v) is 1.21. The Morgan fingerprint density at radius 3 is 2.58 bits per heavy atom. The van der Waals surface area contributed by atoms with Gasteiger partial charge >= 0.3 is 5.97 Å². The molecule has 0 radical (unpaired) electrons. The Labute approximate surface area is 74.6 Å². The predicted octanol–water partition coefficient (Wildman–Crippen LogP) is 0.599. The fraction of sp³-hybridized carbons (Fsp3) is 0.857. The van der Waals surface area contributed by atoms with Gasteiger partial charge in [-0.05, 0) is 12.8 Å². The van der Waals surface area contributed by atoms with Crippen LogP contribution in [0.2, 0.25) is 0 Å². The number of carbonyl (C=O) groups is 1. The minimum absolute atomic E-state index is 0.182. The van der Waals surface area contributed by atoms with Gasteiger partial charge in [0, 0.05) is 12.2 Å². The van der Waals surface area contributed by atoms with E-state index in [1.54, 1.807) is 0 Å². The Bertz CT molecular complexity index is 157. The summed E-state index contributed by atoms with van der Waals surface area (Å²) in [5.41, 5.74) is 0. The van der Waals surface area contributed by atoms with E-state index in [-0.39, 0.29) is 11.7 Å². The van der Waals surface area contributed by atoms with Crippen molar-refractivity contribution in [2.24, 2.45) is 0 Å². The van der Waals surface area contributed by atoms with Crippen molar-refractivity contribution in [1.29, 1.82) is 0 Å². The topological polar surface area (TPSA) is 66.4 Å². The molecule has 0 rings (SSSR count). The Kier molecular flexibility index (Phi) is 6.99. The highest BCUT2D eigenvalue weighted by Gasteiger charge is 1.98. The lowest BCUT2D eigenvalue weighted by Gasteiger charge is -2.03. The van der Waals surface area contributed by atoms with Crippen molar-refractivity contribution in [3.8, 4) is 0 Å². The summed E-state index contributed by atoms with van der Waals surface area (Å²) < 4.78 is 24.5. The molecule has 0 saturated carbocycles. The lowest BCUT2D eigenvalue weighted by molar-refractivity contribution is -0.140. The number of rotatable bonds is 6. The van der Waals surface area contributed by atoms with Crippen molar-refractivity contribution in [3.05, 3.63) is 0 Å². The van der Waals surface area contributed by atoms with E-state index in [1.165, 1.54) is 7.11 Å². The third-order valence-electron chi connectivity index (χ3n) is 1.42. The highest BCUT2D eigenvalue weighted by molar-refractivity contribution is 7.79. The van der Waals surface area contributed by atoms with Gasteiger partial charge in [0.15, 0.2) is 0 Å². The summed E-state index contributed by atoms with van der Waals surface area (Å²) in [6.07, 6.45) is 2.45. The maximum atomic E-state index is 10.6. The first-order chi connectivity index (χ1) is 5.66. The van der Waals surface area contributed by atoms with Crippen molar-refractivity contribution < 1.29 is 18.3 Å². The highest BCUT2D eigenvalue weighted by Crippen LogP contribution is 2.01. The van der Waals surface area contributed by atoms with Crippen molar-refractivity contribution >= 4 is 17.0 Å². The zero-order valence-corrected chi connectivity index (χ0v) is 7.89. The molecule has 0 saturated heterocycles. The average Bonchev–Trinajstić information content (AvgIpc) is 2.03. The number of hydrogen-bond acceptors (Lipinski definition) is 4. The molecular formula is C7H13O4S-. The van der Waals surface area contributed by atoms with E-state index in [1.807, 2.05) is 0 Å². The van der Waals surface area contributed by atoms with E-state index >= 15 is 0 Å². The third kappa shape index (κ3) is 7.68. The molecule has 0 bridgehead atoms. The van der Waals surface area contributed by atoms with Crippen LogP contribution in [0, 0.1) is 0 Å². The molecule has 0 aliphatic rings. The molecule has 0 aromatic heterocycles. The van der Waals surface area contributed by atoms with Gasteiger partial charge in [0.2, 0.25) is 0 Å². The Hall–Kier alpha value is -0.420. The molecule has 0 spiro atoms. The number of ether oxygens (including phenoxy) is 1. The van der Waals surface area contributed by atoms with Gasteiger partial charge in [0.1, 0.15) is 0 Å². The number of hydrogen-bond donors (Lipinski definition) is 0. The summed E-state index contributed by atoms with van der Waals surface area (Å²) in [5, 5.41) is 0. The number of esters is 1. The highest BCUT2D eigenvalue weighted by atomic mass is 32.2. The molecule has 1 unspecified atom stereocenters. The molecule has 5 heteroatoms. The van der Waals surface area contributed by atoms with Crippen molar-refractivity contribution in [2.45, 2.75) is 25.7 Å². The van der Waals surface area contributed by atoms with Crippen LogP contribution in [0.1, 0.15) is 25.7 Å². The molecule has 0 aliphatic carbocycles. The van der Waals surface area contributed by atoms with Crippen molar-refractivity contribution in [2.75, 3.05) is 12.9 Å². The Balaban J connectivity index is 3.11. The summed E-state index contributed by atoms with van der Waals surface area (Å²) in [6.45, 7) is 0. The second kappa shape index (κ2) is 7.24. The predicted molar refractivity (Wildman–Crippen MR) is 44.3 cm³/mol. The molecule has 0 aromatic carbocycles. The molecule has 72 valence electrons. The van der Waals surface area contributed by atoms with E-state index < -0.39 is 11.1 Å². The number of unbranched alkanes of at least 4 members (excludes halogenated alkanes) is 2. The standard InChI is InChI=1S/C7H14O4S/c1-11-7(8)5-3-2-4-6-12(9)10/h2-6H2,1H3,(H,9,10)/p-1. The van der Waals surface area contributed by atoms with Gasteiger partial charge in [-0.3, -0.25) is 9.00 Å². The molecule has 0 aliphatic heterocycles. The summed E-state index contributed by atoms with van der Waals surface area (Å²) in [7, 11) is 1.34. The quantitative estimate of drug-likeness (QED) is 0.352. The Morgan fingerprint density at radius 1 is 1.42 bits per heavy atom. The summed E-state index contributed by atoms with van der Waals surface area (Å²) in [4.78, 5) is 10.6. The number of carbonyl (C=O) groups excluding carboxylic acids is 1. The zero-order chi connectivity index (χ0) is 9.40. The van der Waals surface area contributed by atoms with Crippen molar-refractivity contribution in [3.63, 3.8) is 0 Å². The monoisotopic (exact) mass is 193 g/mol. The summed E-state index contributed by atoms with van der Waals surface area (Å²) in [5.74, 6) is -0.0560. The normalized spacial score (nSPS) is 12.5. The molecule has 0 heterocycles. The first kappa shape index (κ1) is 11.6. The van der Waals surface area contributed by atoms with Gasteiger partial charge < -0.3 is 9.29 Å². The van der Waals surface area contributed by atoms with Gasteiger partial charge in [-0.1, -0.05) is 17.5 Å². The minimum Gasteiger partial charge on any atom is -0.772 e. The first-order valence-corrected chi connectivity index (χ1v) is 5.04. The molecule has 0 amide bonds. The lowest BCUT2D eigenvalue weighted by Crippen LogP contribution is -2.00. The van der Waals surface area contributed by atoms with Crippen LogP contribution < -0.4 is 0 Å². The maximum Gasteiger partial charge on any atom is 0.305 e. The van der Waals surface area contributed by atoms with Crippen LogP contribution in [0.15, 0.2) is 0 Å². The maximum absolute atomic E-state index is 10.6. The van der Waals surface area contributed by atoms with Crippen LogP contribution in [0.3, 0.4) is 0 Å². The molecule has 0 N–H and O–H groups in total. The second-order valence-electron chi connectivity index (χ2n) is 2.39. The largest absolute Gasteiger partial charge is 0.772 e. The molecular weight excluding hydrogens is 180 g/mol. The molecule has 4 nitrogen and oxygen atoms in total. The first-order valence-electron chi connectivity index (χ1n) is 3.79. The van der Waals surface area contributed by atoms with Gasteiger partial charge in [-0.2, -0.15) is 0 Å². The average molecular weight is 193 g/mol. The number of methoxy groups -OCH3 is 1. The molecule has 0 aromatic rings. The summed E-state index contributed by atoms with van der Waals surface area (Å²) >= 11 is -1.95. The molecule has 12 heavy (non-hydrogen) atoms. The Morgan fingerprint density at radius 2 is 2.08 bits per heavy atom. The van der Waals surface area contributed by atoms with E-state index in [0.717, 1.165) is 6.42 Å². The lowest BCUT2D eigenvalue weighted by atomic mass is 10.2. The van der Waals surface area contributed by atoms with E-state index in [9.17, 15) is 13.6 Å². The second-order valence-corrected chi connectivity index (χ2v) is 3.41. The summed E-state index contributed by atoms with van der Waals surface area (Å²) in [6, 6.07) is 0. The van der Waals surface area contributed by atoms with Crippen LogP contribution in [0.4, 0.5) is 0 Å². The van der Waals surface area contributed by atoms with Gasteiger partial charge in [-0.15, -0.1) is 0 Å². The van der Waals surface area contributed by atoms with Crippen LogP contribution in [-0.2, 0) is 20.6 Å². The van der Waals surface area contributed by atoms with Gasteiger partial charge in [0.05, 0.1) is 7.11 Å². The van der Waals surface area contributed by atoms with Crippen LogP contribution >= 0.6 is 0 Å². The smallest absolute Gasteiger partial charge is 0.305 e. The molecule has 0 fully saturated rings. The van der Waals surface area contributed by atoms with E-state index in [2.05, 4.69) is 4.74 Å². The van der Waals surface area contributed by atoms with E-state index in [0.29, 0.717) is 19.3 Å². The van der Waals surface area contributed by atoms with Crippen LogP contribution in [0.25, 0.3) is 0 Å². The third-order valence-corrected chi connectivity index (χ3v) is 2.04. The minimum atomic E-state index is -1.95. The molecule has 1 atom stereocenters. The van der Waals surface area contributed by atoms with Gasteiger partial charge in [0.25, 0.3) is 0 Å². The van der Waals surface area contributed by atoms with Crippen LogP contribution in [0.5, 0.6) is 0 Å². The van der Waals surface area contributed by atoms with E-state index in [4.69, 9.17) is 0 Å².